The molecule has 2 rings (SSSR count). The monoisotopic (exact) mass is 295 g/mol. The van der Waals surface area contributed by atoms with E-state index in [1.807, 2.05) is 17.4 Å². The fourth-order valence-corrected chi connectivity index (χ4v) is 4.01. The molecule has 1 heterocycles. The summed E-state index contributed by atoms with van der Waals surface area (Å²) in [6, 6.07) is 6.23. The molecule has 1 aromatic heterocycles. The van der Waals surface area contributed by atoms with Crippen molar-refractivity contribution in [3.63, 3.8) is 0 Å². The van der Waals surface area contributed by atoms with Gasteiger partial charge in [-0.05, 0) is 35.4 Å². The van der Waals surface area contributed by atoms with Crippen molar-refractivity contribution in [1.29, 1.82) is 0 Å². The Labute approximate surface area is 125 Å². The van der Waals surface area contributed by atoms with Gasteiger partial charge in [-0.1, -0.05) is 51.4 Å². The normalized spacial score (nSPS) is 11.9. The number of thiophene rings is 1. The molecule has 3 heteroatoms. The van der Waals surface area contributed by atoms with Crippen molar-refractivity contribution in [3.8, 4) is 0 Å². The molecule has 0 radical (unpaired) electrons. The van der Waals surface area contributed by atoms with Crippen LogP contribution in [0.4, 0.5) is 0 Å². The van der Waals surface area contributed by atoms with Crippen LogP contribution in [0, 0.1) is 5.92 Å². The third kappa shape index (κ3) is 3.31. The molecule has 0 aliphatic heterocycles. The highest BCUT2D eigenvalue weighted by atomic mass is 35.5. The van der Waals surface area contributed by atoms with Gasteiger partial charge in [-0.3, -0.25) is 0 Å². The van der Waals surface area contributed by atoms with Crippen LogP contribution in [0.5, 0.6) is 0 Å². The number of benzene rings is 1. The largest absolute Gasteiger partial charge is 0.312 e. The van der Waals surface area contributed by atoms with Crippen molar-refractivity contribution in [3.05, 3.63) is 33.7 Å². The predicted octanol–water partition coefficient (Wildman–Crippen LogP) is 5.42. The highest BCUT2D eigenvalue weighted by Crippen LogP contribution is 2.39. The van der Waals surface area contributed by atoms with Crippen molar-refractivity contribution < 1.29 is 0 Å². The average Bonchev–Trinajstić information content (AvgIpc) is 2.68. The minimum absolute atomic E-state index is 0.531. The summed E-state index contributed by atoms with van der Waals surface area (Å²) in [4.78, 5) is 1.43. The summed E-state index contributed by atoms with van der Waals surface area (Å²) < 4.78 is 1.23. The van der Waals surface area contributed by atoms with Gasteiger partial charge in [-0.25, -0.2) is 0 Å². The lowest BCUT2D eigenvalue weighted by atomic mass is 9.99. The van der Waals surface area contributed by atoms with Crippen LogP contribution in [0.2, 0.25) is 5.02 Å². The minimum Gasteiger partial charge on any atom is -0.312 e. The summed E-state index contributed by atoms with van der Waals surface area (Å²) >= 11 is 8.16. The second-order valence-corrected chi connectivity index (χ2v) is 7.25. The molecular formula is C16H22ClNS. The Hall–Kier alpha value is -0.570. The third-order valence-electron chi connectivity index (χ3n) is 3.20. The van der Waals surface area contributed by atoms with E-state index >= 15 is 0 Å². The van der Waals surface area contributed by atoms with E-state index in [4.69, 9.17) is 11.6 Å². The molecule has 1 N–H and O–H groups in total. The highest BCUT2D eigenvalue weighted by molar-refractivity contribution is 7.20. The number of rotatable bonds is 5. The van der Waals surface area contributed by atoms with Gasteiger partial charge in [0.25, 0.3) is 0 Å². The van der Waals surface area contributed by atoms with E-state index in [2.05, 4.69) is 45.1 Å². The minimum atomic E-state index is 0.531. The second kappa shape index (κ2) is 6.25. The number of nitrogens with one attached hydrogen (secondary N) is 1. The maximum atomic E-state index is 6.32. The lowest BCUT2D eigenvalue weighted by Crippen LogP contribution is -2.19. The van der Waals surface area contributed by atoms with E-state index in [0.29, 0.717) is 11.8 Å². The van der Waals surface area contributed by atoms with Crippen molar-refractivity contribution in [1.82, 2.24) is 5.32 Å². The summed E-state index contributed by atoms with van der Waals surface area (Å²) in [6.45, 7) is 11.0. The molecule has 0 bridgehead atoms. The van der Waals surface area contributed by atoms with Crippen LogP contribution in [0.1, 0.15) is 44.1 Å². The quantitative estimate of drug-likeness (QED) is 0.776. The Morgan fingerprint density at radius 1 is 1.21 bits per heavy atom. The van der Waals surface area contributed by atoms with Crippen LogP contribution in [0.25, 0.3) is 10.1 Å². The fraction of sp³-hybridized carbons (Fsp3) is 0.500. The summed E-state index contributed by atoms with van der Waals surface area (Å²) in [6.07, 6.45) is 0. The Balaban J connectivity index is 2.36. The summed E-state index contributed by atoms with van der Waals surface area (Å²) in [5.41, 5.74) is 1.46. The molecule has 104 valence electrons. The summed E-state index contributed by atoms with van der Waals surface area (Å²) in [5.74, 6) is 1.21. The summed E-state index contributed by atoms with van der Waals surface area (Å²) in [5, 5.41) is 5.75. The lowest BCUT2D eigenvalue weighted by molar-refractivity contribution is 0.553. The van der Waals surface area contributed by atoms with Gasteiger partial charge >= 0.3 is 0 Å². The number of fused-ring (bicyclic) bond motifs is 1. The van der Waals surface area contributed by atoms with Crippen LogP contribution >= 0.6 is 22.9 Å². The van der Waals surface area contributed by atoms with E-state index in [-0.39, 0.29) is 0 Å². The van der Waals surface area contributed by atoms with Crippen LogP contribution in [-0.2, 0) is 6.54 Å². The van der Waals surface area contributed by atoms with E-state index in [0.717, 1.165) is 18.1 Å². The molecule has 1 aromatic carbocycles. The predicted molar refractivity (Wildman–Crippen MR) is 87.5 cm³/mol. The topological polar surface area (TPSA) is 12.0 Å². The molecule has 0 fully saturated rings. The molecule has 0 unspecified atom stereocenters. The zero-order chi connectivity index (χ0) is 14.0. The fourth-order valence-electron chi connectivity index (χ4n) is 2.39. The molecule has 0 saturated heterocycles. The number of halogens is 1. The summed E-state index contributed by atoms with van der Waals surface area (Å²) in [7, 11) is 0. The van der Waals surface area contributed by atoms with Gasteiger partial charge in [0.15, 0.2) is 0 Å². The van der Waals surface area contributed by atoms with Gasteiger partial charge in [0, 0.05) is 11.4 Å². The smallest absolute Gasteiger partial charge is 0.0584 e. The van der Waals surface area contributed by atoms with Crippen molar-refractivity contribution in [2.24, 2.45) is 5.92 Å². The van der Waals surface area contributed by atoms with Gasteiger partial charge in [0.05, 0.1) is 9.72 Å². The SMILES string of the molecule is CC(C)CNCc1sc2c(Cl)cccc2c1C(C)C. The standard InChI is InChI=1S/C16H22ClNS/c1-10(2)8-18-9-14-15(11(3)4)12-6-5-7-13(17)16(12)19-14/h5-7,10-11,18H,8-9H2,1-4H3. The first kappa shape index (κ1) is 14.8. The van der Waals surface area contributed by atoms with Gasteiger partial charge < -0.3 is 5.32 Å². The maximum absolute atomic E-state index is 6.32. The van der Waals surface area contributed by atoms with Crippen LogP contribution in [-0.4, -0.2) is 6.54 Å². The Kier molecular flexibility index (Phi) is 4.88. The van der Waals surface area contributed by atoms with Crippen LogP contribution < -0.4 is 5.32 Å². The number of hydrogen-bond acceptors (Lipinski definition) is 2. The van der Waals surface area contributed by atoms with Crippen LogP contribution in [0.15, 0.2) is 18.2 Å². The first-order valence-corrected chi connectivity index (χ1v) is 8.10. The molecule has 0 spiro atoms. The molecule has 19 heavy (non-hydrogen) atoms. The first-order valence-electron chi connectivity index (χ1n) is 6.91. The van der Waals surface area contributed by atoms with Crippen LogP contribution in [0.3, 0.4) is 0 Å². The third-order valence-corrected chi connectivity index (χ3v) is 4.88. The van der Waals surface area contributed by atoms with Crippen molar-refractivity contribution >= 4 is 33.0 Å². The zero-order valence-corrected chi connectivity index (χ0v) is 13.7. The molecular weight excluding hydrogens is 274 g/mol. The highest BCUT2D eigenvalue weighted by Gasteiger charge is 2.16. The van der Waals surface area contributed by atoms with Gasteiger partial charge in [-0.2, -0.15) is 0 Å². The lowest BCUT2D eigenvalue weighted by Gasteiger charge is -2.10. The van der Waals surface area contributed by atoms with Gasteiger partial charge in [0.2, 0.25) is 0 Å². The van der Waals surface area contributed by atoms with Gasteiger partial charge in [-0.15, -0.1) is 11.3 Å². The molecule has 0 saturated carbocycles. The van der Waals surface area contributed by atoms with Gasteiger partial charge in [0.1, 0.15) is 0 Å². The van der Waals surface area contributed by atoms with Crippen molar-refractivity contribution in [2.75, 3.05) is 6.54 Å². The molecule has 0 atom stereocenters. The van der Waals surface area contributed by atoms with E-state index in [1.165, 1.54) is 20.5 Å². The molecule has 1 nitrogen and oxygen atoms in total. The molecule has 0 aliphatic carbocycles. The van der Waals surface area contributed by atoms with Crippen molar-refractivity contribution in [2.45, 2.75) is 40.2 Å². The Morgan fingerprint density at radius 2 is 1.95 bits per heavy atom. The number of hydrogen-bond donors (Lipinski definition) is 1. The Morgan fingerprint density at radius 3 is 2.58 bits per heavy atom. The zero-order valence-electron chi connectivity index (χ0n) is 12.1. The molecule has 0 aliphatic rings. The second-order valence-electron chi connectivity index (χ2n) is 5.73. The average molecular weight is 296 g/mol. The Bertz CT molecular complexity index is 557. The first-order chi connectivity index (χ1) is 9.00. The van der Waals surface area contributed by atoms with E-state index in [1.54, 1.807) is 0 Å². The molecule has 2 aromatic rings. The molecule has 0 amide bonds. The maximum Gasteiger partial charge on any atom is 0.0584 e. The van der Waals surface area contributed by atoms with E-state index in [9.17, 15) is 0 Å². The van der Waals surface area contributed by atoms with E-state index < -0.39 is 0 Å².